The van der Waals surface area contributed by atoms with Gasteiger partial charge in [0.2, 0.25) is 5.24 Å². The minimum atomic E-state index is -0.655. The Hall–Kier alpha value is -1.67. The molecule has 2 aromatic rings. The van der Waals surface area contributed by atoms with Crippen LogP contribution in [0.25, 0.3) is 0 Å². The van der Waals surface area contributed by atoms with E-state index in [1.165, 1.54) is 11.6 Å². The second-order valence-corrected chi connectivity index (χ2v) is 5.85. The van der Waals surface area contributed by atoms with Gasteiger partial charge in [0.1, 0.15) is 5.82 Å². The molecule has 0 spiro atoms. The number of carbonyl (C=O) groups excluding carboxylic acids is 1. The van der Waals surface area contributed by atoms with Gasteiger partial charge in [-0.1, -0.05) is 56.3 Å². The summed E-state index contributed by atoms with van der Waals surface area (Å²) in [6.45, 7) is 4.25. The summed E-state index contributed by atoms with van der Waals surface area (Å²) in [7, 11) is 0. The summed E-state index contributed by atoms with van der Waals surface area (Å²) >= 11 is 5.68. The van der Waals surface area contributed by atoms with Crippen LogP contribution in [0.2, 0.25) is 0 Å². The van der Waals surface area contributed by atoms with Gasteiger partial charge in [0.25, 0.3) is 0 Å². The van der Waals surface area contributed by atoms with Gasteiger partial charge in [-0.25, -0.2) is 4.39 Å². The third-order valence-corrected chi connectivity index (χ3v) is 3.90. The van der Waals surface area contributed by atoms with Gasteiger partial charge in [-0.3, -0.25) is 4.79 Å². The molecule has 0 aliphatic heterocycles. The summed E-state index contributed by atoms with van der Waals surface area (Å²) in [5.74, 6) is -0.593. The predicted octanol–water partition coefficient (Wildman–Crippen LogP) is 5.04. The average molecular weight is 305 g/mol. The molecule has 0 saturated heterocycles. The van der Waals surface area contributed by atoms with Crippen LogP contribution in [-0.4, -0.2) is 5.24 Å². The van der Waals surface area contributed by atoms with Crippen molar-refractivity contribution in [3.05, 3.63) is 71.0 Å². The molecule has 0 aromatic heterocycles. The van der Waals surface area contributed by atoms with Crippen molar-refractivity contribution in [2.24, 2.45) is 0 Å². The van der Waals surface area contributed by atoms with Crippen molar-refractivity contribution in [3.63, 3.8) is 0 Å². The molecule has 1 unspecified atom stereocenters. The van der Waals surface area contributed by atoms with E-state index in [-0.39, 0.29) is 0 Å². The maximum Gasteiger partial charge on any atom is 0.229 e. The summed E-state index contributed by atoms with van der Waals surface area (Å²) in [5, 5.41) is -0.534. The van der Waals surface area contributed by atoms with Crippen molar-refractivity contribution in [1.29, 1.82) is 0 Å². The molecule has 0 N–H and O–H groups in total. The van der Waals surface area contributed by atoms with Crippen LogP contribution in [0.3, 0.4) is 0 Å². The molecule has 2 aromatic carbocycles. The molecule has 0 aliphatic carbocycles. The van der Waals surface area contributed by atoms with Crippen LogP contribution < -0.4 is 0 Å². The largest absolute Gasteiger partial charge is 0.281 e. The van der Waals surface area contributed by atoms with Crippen LogP contribution in [0.15, 0.2) is 48.5 Å². The smallest absolute Gasteiger partial charge is 0.229 e. The molecule has 3 heteroatoms. The minimum Gasteiger partial charge on any atom is -0.281 e. The van der Waals surface area contributed by atoms with E-state index in [1.807, 2.05) is 24.3 Å². The summed E-state index contributed by atoms with van der Waals surface area (Å²) in [6.07, 6.45) is 0.404. The molecular weight excluding hydrogens is 287 g/mol. The Kier molecular flexibility index (Phi) is 5.13. The third kappa shape index (κ3) is 3.92. The van der Waals surface area contributed by atoms with E-state index >= 15 is 0 Å². The summed E-state index contributed by atoms with van der Waals surface area (Å²) in [5.41, 5.74) is 2.56. The Morgan fingerprint density at radius 3 is 2.24 bits per heavy atom. The minimum absolute atomic E-state index is 0.352. The molecule has 110 valence electrons. The average Bonchev–Trinajstić information content (AvgIpc) is 2.46. The Morgan fingerprint density at radius 2 is 1.71 bits per heavy atom. The highest BCUT2D eigenvalue weighted by atomic mass is 35.5. The van der Waals surface area contributed by atoms with E-state index in [1.54, 1.807) is 18.2 Å². The first-order chi connectivity index (χ1) is 9.99. The van der Waals surface area contributed by atoms with Crippen molar-refractivity contribution in [3.8, 4) is 0 Å². The van der Waals surface area contributed by atoms with Gasteiger partial charge < -0.3 is 0 Å². The van der Waals surface area contributed by atoms with Gasteiger partial charge in [0.05, 0.1) is 5.92 Å². The van der Waals surface area contributed by atoms with Gasteiger partial charge in [0, 0.05) is 0 Å². The number of carbonyl (C=O) groups is 1. The maximum atomic E-state index is 13.9. The van der Waals surface area contributed by atoms with Crippen LogP contribution in [0, 0.1) is 5.82 Å². The van der Waals surface area contributed by atoms with Gasteiger partial charge in [0.15, 0.2) is 0 Å². The van der Waals surface area contributed by atoms with Crippen LogP contribution in [-0.2, 0) is 11.2 Å². The standard InChI is InChI=1S/C18H18ClFO/c1-12(2)14-9-7-13(8-10-14)11-16(18(19)21)15-5-3-4-6-17(15)20/h3-10,12,16H,11H2,1-2H3. The van der Waals surface area contributed by atoms with Gasteiger partial charge in [-0.05, 0) is 46.7 Å². The van der Waals surface area contributed by atoms with E-state index in [2.05, 4.69) is 13.8 Å². The monoisotopic (exact) mass is 304 g/mol. The number of rotatable bonds is 5. The fourth-order valence-corrected chi connectivity index (χ4v) is 2.54. The van der Waals surface area contributed by atoms with Crippen molar-refractivity contribution in [1.82, 2.24) is 0 Å². The highest BCUT2D eigenvalue weighted by Crippen LogP contribution is 2.26. The van der Waals surface area contributed by atoms with E-state index in [0.29, 0.717) is 17.9 Å². The molecule has 1 nitrogen and oxygen atoms in total. The Labute approximate surface area is 129 Å². The molecule has 1 atom stereocenters. The Balaban J connectivity index is 2.25. The molecule has 0 saturated carbocycles. The zero-order chi connectivity index (χ0) is 15.4. The molecule has 0 amide bonds. The quantitative estimate of drug-likeness (QED) is 0.707. The molecular formula is C18H18ClFO. The normalized spacial score (nSPS) is 12.4. The number of halogens is 2. The number of benzene rings is 2. The van der Waals surface area contributed by atoms with Crippen LogP contribution in [0.4, 0.5) is 4.39 Å². The lowest BCUT2D eigenvalue weighted by Crippen LogP contribution is -2.12. The van der Waals surface area contributed by atoms with Crippen molar-refractivity contribution < 1.29 is 9.18 Å². The van der Waals surface area contributed by atoms with Gasteiger partial charge in [-0.2, -0.15) is 0 Å². The zero-order valence-corrected chi connectivity index (χ0v) is 12.9. The van der Waals surface area contributed by atoms with Gasteiger partial charge in [-0.15, -0.1) is 0 Å². The summed E-state index contributed by atoms with van der Waals surface area (Å²) < 4.78 is 13.9. The molecule has 2 rings (SSSR count). The molecule has 0 fully saturated rings. The first-order valence-electron chi connectivity index (χ1n) is 7.01. The molecule has 0 bridgehead atoms. The van der Waals surface area contributed by atoms with E-state index in [9.17, 15) is 9.18 Å². The molecule has 0 heterocycles. The van der Waals surface area contributed by atoms with Crippen molar-refractivity contribution in [2.75, 3.05) is 0 Å². The maximum absolute atomic E-state index is 13.9. The fraction of sp³-hybridized carbons (Fsp3) is 0.278. The van der Waals surface area contributed by atoms with Crippen LogP contribution in [0.1, 0.15) is 42.4 Å². The Morgan fingerprint density at radius 1 is 1.10 bits per heavy atom. The fourth-order valence-electron chi connectivity index (χ4n) is 2.34. The van der Waals surface area contributed by atoms with E-state index < -0.39 is 17.0 Å². The van der Waals surface area contributed by atoms with E-state index in [4.69, 9.17) is 11.6 Å². The van der Waals surface area contributed by atoms with E-state index in [0.717, 1.165) is 5.56 Å². The SMILES string of the molecule is CC(C)c1ccc(CC(C(=O)Cl)c2ccccc2F)cc1. The zero-order valence-electron chi connectivity index (χ0n) is 12.1. The molecule has 21 heavy (non-hydrogen) atoms. The Bertz CT molecular complexity index is 619. The third-order valence-electron chi connectivity index (χ3n) is 3.64. The van der Waals surface area contributed by atoms with Crippen LogP contribution >= 0.6 is 11.6 Å². The van der Waals surface area contributed by atoms with Crippen LogP contribution in [0.5, 0.6) is 0 Å². The lowest BCUT2D eigenvalue weighted by Gasteiger charge is -2.14. The lowest BCUT2D eigenvalue weighted by atomic mass is 9.91. The number of hydrogen-bond acceptors (Lipinski definition) is 1. The highest BCUT2D eigenvalue weighted by molar-refractivity contribution is 6.64. The predicted molar refractivity (Wildman–Crippen MR) is 84.2 cm³/mol. The van der Waals surface area contributed by atoms with Gasteiger partial charge >= 0.3 is 0 Å². The summed E-state index contributed by atoms with van der Waals surface area (Å²) in [4.78, 5) is 11.7. The van der Waals surface area contributed by atoms with Crippen molar-refractivity contribution >= 4 is 16.8 Å². The summed E-state index contributed by atoms with van der Waals surface area (Å²) in [6, 6.07) is 14.3. The first-order valence-corrected chi connectivity index (χ1v) is 7.39. The number of hydrogen-bond donors (Lipinski definition) is 0. The lowest BCUT2D eigenvalue weighted by molar-refractivity contribution is -0.113. The second-order valence-electron chi connectivity index (χ2n) is 5.48. The second kappa shape index (κ2) is 6.86. The highest BCUT2D eigenvalue weighted by Gasteiger charge is 2.22. The molecule has 0 aliphatic rings. The topological polar surface area (TPSA) is 17.1 Å². The first kappa shape index (κ1) is 15.7. The molecule has 0 radical (unpaired) electrons. The van der Waals surface area contributed by atoms with Crippen molar-refractivity contribution in [2.45, 2.75) is 32.1 Å².